The topological polar surface area (TPSA) is 57.6 Å². The molecule has 108 valence electrons. The van der Waals surface area contributed by atoms with E-state index in [0.29, 0.717) is 5.56 Å². The van der Waals surface area contributed by atoms with E-state index in [1.54, 1.807) is 6.92 Å². The number of carboxylic acids is 1. The van der Waals surface area contributed by atoms with Gasteiger partial charge in [-0.05, 0) is 39.2 Å². The summed E-state index contributed by atoms with van der Waals surface area (Å²) < 4.78 is 0. The fourth-order valence-electron chi connectivity index (χ4n) is 2.89. The van der Waals surface area contributed by atoms with Gasteiger partial charge in [-0.2, -0.15) is 0 Å². The zero-order valence-corrected chi connectivity index (χ0v) is 12.4. The number of aliphatic carboxylic acids is 1. The summed E-state index contributed by atoms with van der Waals surface area (Å²) >= 11 is 0. The first kappa shape index (κ1) is 14.6. The Balaban J connectivity index is 2.58. The van der Waals surface area contributed by atoms with Crippen molar-refractivity contribution in [1.82, 2.24) is 4.90 Å². The lowest BCUT2D eigenvalue weighted by Gasteiger charge is -2.38. The third-order valence-corrected chi connectivity index (χ3v) is 3.93. The molecule has 0 aromatic heterocycles. The standard InChI is InChI=1S/C16H21NO3/c1-10-7-11(2)9-13(8-10)16(4,15(19)20)17(12(3)18)14-5-6-14/h7-9,14H,5-6H2,1-4H3,(H,19,20). The van der Waals surface area contributed by atoms with Crippen LogP contribution in [-0.4, -0.2) is 27.9 Å². The van der Waals surface area contributed by atoms with Crippen LogP contribution in [0.1, 0.15) is 43.4 Å². The lowest BCUT2D eigenvalue weighted by Crippen LogP contribution is -2.53. The van der Waals surface area contributed by atoms with Crippen molar-refractivity contribution in [2.75, 3.05) is 0 Å². The van der Waals surface area contributed by atoms with E-state index in [2.05, 4.69) is 0 Å². The average Bonchev–Trinajstić information content (AvgIpc) is 3.11. The molecule has 0 spiro atoms. The van der Waals surface area contributed by atoms with Crippen LogP contribution >= 0.6 is 0 Å². The molecule has 0 radical (unpaired) electrons. The molecule has 0 saturated heterocycles. The molecule has 1 aliphatic carbocycles. The summed E-state index contributed by atoms with van der Waals surface area (Å²) in [7, 11) is 0. The van der Waals surface area contributed by atoms with Crippen molar-refractivity contribution in [3.05, 3.63) is 34.9 Å². The van der Waals surface area contributed by atoms with Gasteiger partial charge in [0.25, 0.3) is 0 Å². The minimum absolute atomic E-state index is 0.0504. The number of rotatable bonds is 4. The number of aryl methyl sites for hydroxylation is 2. The highest BCUT2D eigenvalue weighted by molar-refractivity contribution is 5.87. The number of amides is 1. The minimum Gasteiger partial charge on any atom is -0.479 e. The van der Waals surface area contributed by atoms with Gasteiger partial charge in [-0.25, -0.2) is 4.79 Å². The Morgan fingerprint density at radius 3 is 2.05 bits per heavy atom. The molecule has 4 nitrogen and oxygen atoms in total. The highest BCUT2D eigenvalue weighted by atomic mass is 16.4. The number of hydrogen-bond donors (Lipinski definition) is 1. The second kappa shape index (κ2) is 4.93. The first-order valence-electron chi connectivity index (χ1n) is 6.89. The van der Waals surface area contributed by atoms with Crippen molar-refractivity contribution in [2.24, 2.45) is 0 Å². The molecule has 1 saturated carbocycles. The van der Waals surface area contributed by atoms with Crippen molar-refractivity contribution in [3.8, 4) is 0 Å². The maximum absolute atomic E-state index is 12.0. The van der Waals surface area contributed by atoms with Crippen molar-refractivity contribution in [1.29, 1.82) is 0 Å². The van der Waals surface area contributed by atoms with Crippen molar-refractivity contribution < 1.29 is 14.7 Å². The molecule has 1 aromatic carbocycles. The molecule has 1 unspecified atom stereocenters. The van der Waals surface area contributed by atoms with Crippen LogP contribution in [-0.2, 0) is 15.1 Å². The van der Waals surface area contributed by atoms with Crippen LogP contribution in [0.15, 0.2) is 18.2 Å². The Kier molecular flexibility index (Phi) is 3.59. The van der Waals surface area contributed by atoms with Gasteiger partial charge in [0, 0.05) is 13.0 Å². The van der Waals surface area contributed by atoms with Crippen molar-refractivity contribution >= 4 is 11.9 Å². The first-order valence-corrected chi connectivity index (χ1v) is 6.89. The van der Waals surface area contributed by atoms with Crippen LogP contribution < -0.4 is 0 Å². The third kappa shape index (κ3) is 2.42. The molecule has 1 aliphatic rings. The molecule has 1 fully saturated rings. The van der Waals surface area contributed by atoms with E-state index in [-0.39, 0.29) is 11.9 Å². The summed E-state index contributed by atoms with van der Waals surface area (Å²) in [6.07, 6.45) is 1.76. The highest BCUT2D eigenvalue weighted by Crippen LogP contribution is 2.39. The second-order valence-corrected chi connectivity index (χ2v) is 5.87. The van der Waals surface area contributed by atoms with Gasteiger partial charge in [-0.3, -0.25) is 4.79 Å². The molecule has 0 aliphatic heterocycles. The van der Waals surface area contributed by atoms with Gasteiger partial charge in [0.15, 0.2) is 5.54 Å². The number of carboxylic acid groups (broad SMARTS) is 1. The van der Waals surface area contributed by atoms with E-state index >= 15 is 0 Å². The molecule has 0 bridgehead atoms. The van der Waals surface area contributed by atoms with Crippen LogP contribution in [0.25, 0.3) is 0 Å². The van der Waals surface area contributed by atoms with Crippen LogP contribution in [0.5, 0.6) is 0 Å². The second-order valence-electron chi connectivity index (χ2n) is 5.87. The van der Waals surface area contributed by atoms with E-state index in [0.717, 1.165) is 24.0 Å². The molecule has 1 N–H and O–H groups in total. The summed E-state index contributed by atoms with van der Waals surface area (Å²) in [6.45, 7) is 6.95. The predicted molar refractivity (Wildman–Crippen MR) is 76.4 cm³/mol. The largest absolute Gasteiger partial charge is 0.479 e. The molecule has 1 aromatic rings. The number of nitrogens with zero attached hydrogens (tertiary/aromatic N) is 1. The van der Waals surface area contributed by atoms with Crippen molar-refractivity contribution in [3.63, 3.8) is 0 Å². The molecule has 0 heterocycles. The first-order chi connectivity index (χ1) is 9.26. The Bertz CT molecular complexity index is 543. The summed E-state index contributed by atoms with van der Waals surface area (Å²) in [6, 6.07) is 5.77. The zero-order valence-electron chi connectivity index (χ0n) is 12.4. The van der Waals surface area contributed by atoms with Gasteiger partial charge >= 0.3 is 5.97 Å². The van der Waals surface area contributed by atoms with E-state index in [1.165, 1.54) is 11.8 Å². The Hall–Kier alpha value is -1.84. The van der Waals surface area contributed by atoms with Crippen LogP contribution in [0.3, 0.4) is 0 Å². The predicted octanol–water partition coefficient (Wildman–Crippen LogP) is 2.61. The third-order valence-electron chi connectivity index (χ3n) is 3.93. The summed E-state index contributed by atoms with van der Waals surface area (Å²) in [5.41, 5.74) is 1.38. The van der Waals surface area contributed by atoms with Gasteiger partial charge in [0.1, 0.15) is 0 Å². The van der Waals surface area contributed by atoms with E-state index in [4.69, 9.17) is 0 Å². The Morgan fingerprint density at radius 2 is 1.70 bits per heavy atom. The molecule has 4 heteroatoms. The van der Waals surface area contributed by atoms with E-state index in [9.17, 15) is 14.7 Å². The van der Waals surface area contributed by atoms with Gasteiger partial charge in [-0.1, -0.05) is 29.3 Å². The molecule has 2 rings (SSSR count). The van der Waals surface area contributed by atoms with Crippen molar-refractivity contribution in [2.45, 2.75) is 52.1 Å². The molecular weight excluding hydrogens is 254 g/mol. The minimum atomic E-state index is -1.30. The summed E-state index contributed by atoms with van der Waals surface area (Å²) in [5.74, 6) is -1.17. The van der Waals surface area contributed by atoms with Crippen LogP contribution in [0, 0.1) is 13.8 Å². The summed E-state index contributed by atoms with van der Waals surface area (Å²) in [4.78, 5) is 25.4. The maximum atomic E-state index is 12.0. The average molecular weight is 275 g/mol. The Labute approximate surface area is 119 Å². The van der Waals surface area contributed by atoms with Gasteiger partial charge < -0.3 is 10.0 Å². The molecular formula is C16H21NO3. The number of carbonyl (C=O) groups is 2. The van der Waals surface area contributed by atoms with Gasteiger partial charge in [0.2, 0.25) is 5.91 Å². The summed E-state index contributed by atoms with van der Waals surface area (Å²) in [5, 5.41) is 9.77. The fourth-order valence-corrected chi connectivity index (χ4v) is 2.89. The molecule has 1 atom stereocenters. The lowest BCUT2D eigenvalue weighted by molar-refractivity contribution is -0.159. The zero-order chi connectivity index (χ0) is 15.1. The van der Waals surface area contributed by atoms with Crippen LogP contribution in [0.2, 0.25) is 0 Å². The Morgan fingerprint density at radius 1 is 1.20 bits per heavy atom. The molecule has 1 amide bonds. The number of benzene rings is 1. The normalized spacial score (nSPS) is 17.4. The fraction of sp³-hybridized carbons (Fsp3) is 0.500. The highest BCUT2D eigenvalue weighted by Gasteiger charge is 2.49. The quantitative estimate of drug-likeness (QED) is 0.919. The SMILES string of the molecule is CC(=O)N(C1CC1)C(C)(C(=O)O)c1cc(C)cc(C)c1. The van der Waals surface area contributed by atoms with Gasteiger partial charge in [-0.15, -0.1) is 0 Å². The van der Waals surface area contributed by atoms with Gasteiger partial charge in [0.05, 0.1) is 0 Å². The number of hydrogen-bond acceptors (Lipinski definition) is 2. The molecule has 20 heavy (non-hydrogen) atoms. The lowest BCUT2D eigenvalue weighted by atomic mass is 9.87. The van der Waals surface area contributed by atoms with E-state index < -0.39 is 11.5 Å². The maximum Gasteiger partial charge on any atom is 0.334 e. The van der Waals surface area contributed by atoms with E-state index in [1.807, 2.05) is 32.0 Å². The van der Waals surface area contributed by atoms with Crippen LogP contribution in [0.4, 0.5) is 0 Å². The monoisotopic (exact) mass is 275 g/mol. The smallest absolute Gasteiger partial charge is 0.334 e. The number of carbonyl (C=O) groups excluding carboxylic acids is 1.